The van der Waals surface area contributed by atoms with Gasteiger partial charge in [0.15, 0.2) is 0 Å². The second kappa shape index (κ2) is 9.41. The van der Waals surface area contributed by atoms with Gasteiger partial charge in [-0.3, -0.25) is 9.59 Å². The van der Waals surface area contributed by atoms with Gasteiger partial charge in [-0.2, -0.15) is 0 Å². The number of methoxy groups -OCH3 is 1. The number of esters is 1. The third kappa shape index (κ3) is 4.97. The monoisotopic (exact) mass is 434 g/mol. The minimum Gasteiger partial charge on any atom is -0.465 e. The molecular formula is C21H23ClN2O4S. The van der Waals surface area contributed by atoms with E-state index in [0.717, 1.165) is 36.2 Å². The Hall–Kier alpha value is -2.38. The van der Waals surface area contributed by atoms with Gasteiger partial charge >= 0.3 is 5.97 Å². The minimum atomic E-state index is -0.571. The van der Waals surface area contributed by atoms with E-state index < -0.39 is 5.97 Å². The van der Waals surface area contributed by atoms with E-state index in [1.165, 1.54) is 7.11 Å². The molecule has 0 bridgehead atoms. The third-order valence-electron chi connectivity index (χ3n) is 4.90. The molecule has 1 aromatic carbocycles. The molecule has 0 unspecified atom stereocenters. The van der Waals surface area contributed by atoms with Crippen LogP contribution in [0.25, 0.3) is 0 Å². The van der Waals surface area contributed by atoms with Gasteiger partial charge in [-0.15, -0.1) is 11.3 Å². The Morgan fingerprint density at radius 1 is 1.14 bits per heavy atom. The molecule has 1 aliphatic heterocycles. The van der Waals surface area contributed by atoms with Crippen molar-refractivity contribution in [3.63, 3.8) is 0 Å². The molecule has 3 rings (SSSR count). The van der Waals surface area contributed by atoms with E-state index in [-0.39, 0.29) is 23.8 Å². The van der Waals surface area contributed by atoms with Crippen molar-refractivity contribution in [3.05, 3.63) is 50.9 Å². The first kappa shape index (κ1) is 21.3. The van der Waals surface area contributed by atoms with Gasteiger partial charge in [-0.25, -0.2) is 4.79 Å². The van der Waals surface area contributed by atoms with E-state index in [1.54, 1.807) is 31.2 Å². The Balaban J connectivity index is 1.84. The lowest BCUT2D eigenvalue weighted by atomic mass is 10.1. The van der Waals surface area contributed by atoms with Gasteiger partial charge < -0.3 is 15.0 Å². The van der Waals surface area contributed by atoms with Crippen LogP contribution in [0.3, 0.4) is 0 Å². The first-order valence-electron chi connectivity index (χ1n) is 9.46. The molecule has 29 heavy (non-hydrogen) atoms. The van der Waals surface area contributed by atoms with Crippen LogP contribution in [0.2, 0.25) is 5.02 Å². The number of nitrogens with zero attached hydrogens (tertiary/aromatic N) is 1. The number of halogens is 1. The number of rotatable bonds is 5. The summed E-state index contributed by atoms with van der Waals surface area (Å²) in [7, 11) is 1.28. The Kier molecular flexibility index (Phi) is 6.92. The maximum atomic E-state index is 13.0. The molecule has 2 heterocycles. The Labute approximate surface area is 178 Å². The molecule has 2 amide bonds. The molecule has 1 fully saturated rings. The zero-order valence-electron chi connectivity index (χ0n) is 16.4. The van der Waals surface area contributed by atoms with Crippen molar-refractivity contribution in [2.75, 3.05) is 25.5 Å². The number of benzene rings is 1. The summed E-state index contributed by atoms with van der Waals surface area (Å²) < 4.78 is 4.89. The molecule has 154 valence electrons. The van der Waals surface area contributed by atoms with Crippen molar-refractivity contribution in [2.24, 2.45) is 0 Å². The highest BCUT2D eigenvalue weighted by Gasteiger charge is 2.29. The Bertz CT molecular complexity index is 918. The molecule has 1 saturated heterocycles. The van der Waals surface area contributed by atoms with Gasteiger partial charge in [0.1, 0.15) is 5.00 Å². The maximum absolute atomic E-state index is 13.0. The number of amides is 2. The Morgan fingerprint density at radius 3 is 2.41 bits per heavy atom. The molecule has 0 saturated carbocycles. The molecule has 0 aliphatic carbocycles. The van der Waals surface area contributed by atoms with Crippen LogP contribution in [0.5, 0.6) is 0 Å². The fourth-order valence-corrected chi connectivity index (χ4v) is 4.66. The summed E-state index contributed by atoms with van der Waals surface area (Å²) in [6.07, 6.45) is 3.20. The van der Waals surface area contributed by atoms with E-state index in [1.807, 2.05) is 4.90 Å². The van der Waals surface area contributed by atoms with Gasteiger partial charge in [0, 0.05) is 18.1 Å². The zero-order valence-corrected chi connectivity index (χ0v) is 18.0. The van der Waals surface area contributed by atoms with Crippen LogP contribution in [-0.2, 0) is 16.0 Å². The van der Waals surface area contributed by atoms with Crippen LogP contribution in [-0.4, -0.2) is 42.9 Å². The van der Waals surface area contributed by atoms with Crippen molar-refractivity contribution < 1.29 is 19.1 Å². The van der Waals surface area contributed by atoms with Crippen LogP contribution >= 0.6 is 22.9 Å². The van der Waals surface area contributed by atoms with Gasteiger partial charge in [0.2, 0.25) is 5.91 Å². The Morgan fingerprint density at radius 2 is 1.79 bits per heavy atom. The summed E-state index contributed by atoms with van der Waals surface area (Å²) in [4.78, 5) is 40.1. The van der Waals surface area contributed by atoms with Crippen LogP contribution < -0.4 is 5.32 Å². The maximum Gasteiger partial charge on any atom is 0.341 e. The molecular weight excluding hydrogens is 412 g/mol. The van der Waals surface area contributed by atoms with Crippen molar-refractivity contribution in [1.82, 2.24) is 4.90 Å². The van der Waals surface area contributed by atoms with Crippen molar-refractivity contribution in [2.45, 2.75) is 32.6 Å². The second-order valence-electron chi connectivity index (χ2n) is 6.96. The van der Waals surface area contributed by atoms with E-state index in [2.05, 4.69) is 5.32 Å². The van der Waals surface area contributed by atoms with Crippen LogP contribution in [0, 0.1) is 6.92 Å². The number of anilines is 1. The highest BCUT2D eigenvalue weighted by atomic mass is 35.5. The lowest BCUT2D eigenvalue weighted by Gasteiger charge is -2.26. The number of likely N-dealkylation sites (tertiary alicyclic amines) is 1. The number of hydrogen-bond acceptors (Lipinski definition) is 5. The average Bonchev–Trinajstić information content (AvgIpc) is 3.04. The number of thiophene rings is 1. The first-order chi connectivity index (χ1) is 13.9. The summed E-state index contributed by atoms with van der Waals surface area (Å²) in [5.41, 5.74) is 1.57. The molecule has 1 aliphatic rings. The largest absolute Gasteiger partial charge is 0.465 e. The number of nitrogens with one attached hydrogen (secondary N) is 1. The summed E-state index contributed by atoms with van der Waals surface area (Å²) in [6.45, 7) is 3.14. The summed E-state index contributed by atoms with van der Waals surface area (Å²) >= 11 is 7.01. The van der Waals surface area contributed by atoms with E-state index in [4.69, 9.17) is 16.3 Å². The van der Waals surface area contributed by atoms with Gasteiger partial charge in [0.05, 0.1) is 24.0 Å². The molecule has 0 spiro atoms. The zero-order chi connectivity index (χ0) is 21.0. The molecule has 8 heteroatoms. The normalized spacial score (nSPS) is 13.8. The smallest absolute Gasteiger partial charge is 0.341 e. The molecule has 2 aromatic rings. The average molecular weight is 435 g/mol. The summed E-state index contributed by atoms with van der Waals surface area (Å²) in [5, 5.41) is 3.72. The van der Waals surface area contributed by atoms with Gasteiger partial charge in [-0.1, -0.05) is 23.7 Å². The highest BCUT2D eigenvalue weighted by molar-refractivity contribution is 7.18. The number of carbonyl (C=O) groups is 3. The molecule has 0 atom stereocenters. The van der Waals surface area contributed by atoms with Crippen molar-refractivity contribution in [1.29, 1.82) is 0 Å². The predicted octanol–water partition coefficient (Wildman–Crippen LogP) is 4.30. The predicted molar refractivity (Wildman–Crippen MR) is 114 cm³/mol. The topological polar surface area (TPSA) is 75.7 Å². The molecule has 6 nitrogen and oxygen atoms in total. The van der Waals surface area contributed by atoms with E-state index in [9.17, 15) is 14.4 Å². The van der Waals surface area contributed by atoms with Crippen LogP contribution in [0.1, 0.15) is 50.4 Å². The van der Waals surface area contributed by atoms with Crippen LogP contribution in [0.15, 0.2) is 24.3 Å². The first-order valence-corrected chi connectivity index (χ1v) is 10.7. The van der Waals surface area contributed by atoms with Crippen molar-refractivity contribution in [3.8, 4) is 0 Å². The van der Waals surface area contributed by atoms with E-state index in [0.29, 0.717) is 33.6 Å². The van der Waals surface area contributed by atoms with Gasteiger partial charge in [0.25, 0.3) is 5.91 Å². The molecule has 1 aromatic heterocycles. The SMILES string of the molecule is COC(=O)c1c(NC(=O)Cc2ccc(Cl)cc2)sc(C(=O)N2CCCCC2)c1C. The highest BCUT2D eigenvalue weighted by Crippen LogP contribution is 2.35. The fourth-order valence-electron chi connectivity index (χ4n) is 3.35. The molecule has 0 radical (unpaired) electrons. The molecule has 1 N–H and O–H groups in total. The number of carbonyl (C=O) groups excluding carboxylic acids is 3. The summed E-state index contributed by atoms with van der Waals surface area (Å²) in [6, 6.07) is 6.98. The fraction of sp³-hybridized carbons (Fsp3) is 0.381. The second-order valence-corrected chi connectivity index (χ2v) is 8.41. The number of piperidine rings is 1. The minimum absolute atomic E-state index is 0.101. The van der Waals surface area contributed by atoms with Crippen LogP contribution in [0.4, 0.5) is 5.00 Å². The lowest BCUT2D eigenvalue weighted by Crippen LogP contribution is -2.35. The lowest BCUT2D eigenvalue weighted by molar-refractivity contribution is -0.115. The van der Waals surface area contributed by atoms with E-state index >= 15 is 0 Å². The standard InChI is InChI=1S/C21H23ClN2O4S/c1-13-17(21(27)28-2)19(23-16(25)12-14-6-8-15(22)9-7-14)29-18(13)20(26)24-10-4-3-5-11-24/h6-9H,3-5,10-12H2,1-2H3,(H,23,25). The van der Waals surface area contributed by atoms with Crippen molar-refractivity contribution >= 4 is 45.7 Å². The summed E-state index contributed by atoms with van der Waals surface area (Å²) in [5.74, 6) is -0.954. The number of ether oxygens (including phenoxy) is 1. The van der Waals surface area contributed by atoms with Gasteiger partial charge in [-0.05, 0) is 49.4 Å². The quantitative estimate of drug-likeness (QED) is 0.711. The third-order valence-corrected chi connectivity index (χ3v) is 6.35. The number of hydrogen-bond donors (Lipinski definition) is 1.